The van der Waals surface area contributed by atoms with Crippen molar-refractivity contribution in [3.63, 3.8) is 0 Å². The molecule has 0 aliphatic rings. The van der Waals surface area contributed by atoms with E-state index in [1.165, 1.54) is 11.3 Å². The van der Waals surface area contributed by atoms with Crippen LogP contribution in [0.3, 0.4) is 0 Å². The maximum atomic E-state index is 6.26. The normalized spacial score (nSPS) is 11.4. The lowest BCUT2D eigenvalue weighted by atomic mass is 10.1. The maximum Gasteiger partial charge on any atom is 0.294 e. The predicted molar refractivity (Wildman–Crippen MR) is 136 cm³/mol. The van der Waals surface area contributed by atoms with Gasteiger partial charge in [-0.3, -0.25) is 0 Å². The number of rotatable bonds is 7. The van der Waals surface area contributed by atoms with Gasteiger partial charge in [0.05, 0.1) is 36.5 Å². The quantitative estimate of drug-likeness (QED) is 0.255. The second-order valence-electron chi connectivity index (χ2n) is 7.81. The van der Waals surface area contributed by atoms with Crippen LogP contribution in [-0.4, -0.2) is 33.8 Å². The van der Waals surface area contributed by atoms with Gasteiger partial charge in [0.25, 0.3) is 5.19 Å². The van der Waals surface area contributed by atoms with Gasteiger partial charge in [0.15, 0.2) is 5.76 Å². The van der Waals surface area contributed by atoms with Crippen LogP contribution in [0.4, 0.5) is 0 Å². The van der Waals surface area contributed by atoms with Gasteiger partial charge in [-0.2, -0.15) is 0 Å². The average Bonchev–Trinajstić information content (AvgIpc) is 3.64. The highest BCUT2D eigenvalue weighted by molar-refractivity contribution is 7.18. The third kappa shape index (κ3) is 4.11. The topological polar surface area (TPSA) is 83.9 Å². The summed E-state index contributed by atoms with van der Waals surface area (Å²) in [5.74, 6) is 1.94. The molecule has 0 amide bonds. The van der Waals surface area contributed by atoms with E-state index >= 15 is 0 Å². The zero-order valence-corrected chi connectivity index (χ0v) is 20.8. The van der Waals surface area contributed by atoms with Gasteiger partial charge in [-0.15, -0.1) is 16.4 Å². The SMILES string of the molecule is COc1cc(OCc2cccc(-c3csc(C)n3)c2)c2cc(-c3cn4nc(OC)sc4n3)oc2c1. The fourth-order valence-corrected chi connectivity index (χ4v) is 5.13. The van der Waals surface area contributed by atoms with Crippen LogP contribution < -0.4 is 14.2 Å². The van der Waals surface area contributed by atoms with Crippen LogP contribution >= 0.6 is 22.7 Å². The number of methoxy groups -OCH3 is 2. The molecule has 6 rings (SSSR count). The van der Waals surface area contributed by atoms with Crippen LogP contribution in [0.25, 0.3) is 38.6 Å². The Labute approximate surface area is 208 Å². The summed E-state index contributed by atoms with van der Waals surface area (Å²) >= 11 is 3.01. The van der Waals surface area contributed by atoms with Crippen molar-refractivity contribution in [2.24, 2.45) is 0 Å². The Morgan fingerprint density at radius 1 is 1.03 bits per heavy atom. The third-order valence-electron chi connectivity index (χ3n) is 5.50. The van der Waals surface area contributed by atoms with E-state index in [2.05, 4.69) is 32.6 Å². The van der Waals surface area contributed by atoms with E-state index < -0.39 is 0 Å². The Kier molecular flexibility index (Phi) is 5.39. The fourth-order valence-electron chi connectivity index (χ4n) is 3.81. The Hall–Kier alpha value is -3.89. The van der Waals surface area contributed by atoms with E-state index in [9.17, 15) is 0 Å². The Bertz CT molecular complexity index is 1630. The number of nitrogens with zero attached hydrogens (tertiary/aromatic N) is 4. The first-order valence-corrected chi connectivity index (χ1v) is 12.5. The largest absolute Gasteiger partial charge is 0.496 e. The van der Waals surface area contributed by atoms with Crippen LogP contribution in [0.1, 0.15) is 10.6 Å². The van der Waals surface area contributed by atoms with E-state index in [0.717, 1.165) is 32.2 Å². The molecule has 0 bridgehead atoms. The number of fused-ring (bicyclic) bond motifs is 2. The molecule has 0 radical (unpaired) electrons. The summed E-state index contributed by atoms with van der Waals surface area (Å²) in [6.07, 6.45) is 1.81. The Balaban J connectivity index is 1.31. The molecule has 4 heterocycles. The number of hydrogen-bond donors (Lipinski definition) is 0. The van der Waals surface area contributed by atoms with Crippen LogP contribution in [0, 0.1) is 6.92 Å². The average molecular weight is 505 g/mol. The van der Waals surface area contributed by atoms with E-state index in [1.807, 2.05) is 43.5 Å². The van der Waals surface area contributed by atoms with E-state index in [0.29, 0.717) is 40.3 Å². The van der Waals surface area contributed by atoms with Crippen molar-refractivity contribution >= 4 is 38.6 Å². The second kappa shape index (κ2) is 8.71. The smallest absolute Gasteiger partial charge is 0.294 e. The molecular formula is C25H20N4O4S2. The van der Waals surface area contributed by atoms with Crippen LogP contribution in [0.15, 0.2) is 58.5 Å². The molecule has 0 N–H and O–H groups in total. The zero-order valence-electron chi connectivity index (χ0n) is 19.1. The summed E-state index contributed by atoms with van der Waals surface area (Å²) in [7, 11) is 3.21. The molecule has 0 atom stereocenters. The summed E-state index contributed by atoms with van der Waals surface area (Å²) in [5.41, 5.74) is 4.43. The third-order valence-corrected chi connectivity index (χ3v) is 7.15. The van der Waals surface area contributed by atoms with Crippen molar-refractivity contribution in [2.45, 2.75) is 13.5 Å². The number of aryl methyl sites for hydroxylation is 1. The Morgan fingerprint density at radius 2 is 1.94 bits per heavy atom. The summed E-state index contributed by atoms with van der Waals surface area (Å²) in [4.78, 5) is 9.93. The monoisotopic (exact) mass is 504 g/mol. The molecule has 0 aliphatic heterocycles. The summed E-state index contributed by atoms with van der Waals surface area (Å²) in [6, 6.07) is 13.9. The fraction of sp³-hybridized carbons (Fsp3) is 0.160. The number of ether oxygens (including phenoxy) is 3. The van der Waals surface area contributed by atoms with Crippen LogP contribution in [0.5, 0.6) is 16.7 Å². The van der Waals surface area contributed by atoms with Gasteiger partial charge in [0, 0.05) is 23.1 Å². The number of furan rings is 1. The lowest BCUT2D eigenvalue weighted by Crippen LogP contribution is -1.97. The number of aromatic nitrogens is 4. The molecule has 8 nitrogen and oxygen atoms in total. The van der Waals surface area contributed by atoms with Gasteiger partial charge in [0.2, 0.25) is 4.96 Å². The first kappa shape index (κ1) is 21.6. The van der Waals surface area contributed by atoms with E-state index in [1.54, 1.807) is 30.1 Å². The van der Waals surface area contributed by atoms with E-state index in [4.69, 9.17) is 18.6 Å². The highest BCUT2D eigenvalue weighted by Gasteiger charge is 2.17. The molecule has 0 spiro atoms. The molecule has 0 unspecified atom stereocenters. The van der Waals surface area contributed by atoms with Crippen molar-refractivity contribution in [3.8, 4) is 39.4 Å². The molecule has 4 aromatic heterocycles. The summed E-state index contributed by atoms with van der Waals surface area (Å²) in [5, 5.41) is 8.84. The van der Waals surface area contributed by atoms with Gasteiger partial charge in [-0.1, -0.05) is 18.2 Å². The van der Waals surface area contributed by atoms with Crippen LogP contribution in [-0.2, 0) is 6.61 Å². The van der Waals surface area contributed by atoms with Crippen LogP contribution in [0.2, 0.25) is 0 Å². The Morgan fingerprint density at radius 3 is 2.71 bits per heavy atom. The maximum absolute atomic E-state index is 6.26. The van der Waals surface area contributed by atoms with Gasteiger partial charge < -0.3 is 18.6 Å². The number of thiazole rings is 1. The minimum atomic E-state index is 0.393. The molecule has 6 aromatic rings. The number of imidazole rings is 1. The molecule has 2 aromatic carbocycles. The lowest BCUT2D eigenvalue weighted by Gasteiger charge is -2.10. The standard InChI is InChI=1S/C25H20N4O4S2/c1-14-26-20(13-34-14)16-6-4-5-15(7-16)12-32-21-8-17(30-2)9-22-18(21)10-23(33-22)19-11-29-24(27-19)35-25(28-29)31-3/h4-11,13H,12H2,1-3H3. The summed E-state index contributed by atoms with van der Waals surface area (Å²) in [6.45, 7) is 2.40. The van der Waals surface area contributed by atoms with Crippen molar-refractivity contribution in [1.82, 2.24) is 19.6 Å². The zero-order chi connectivity index (χ0) is 23.9. The van der Waals surface area contributed by atoms with E-state index in [-0.39, 0.29) is 0 Å². The second-order valence-corrected chi connectivity index (χ2v) is 9.79. The van der Waals surface area contributed by atoms with Gasteiger partial charge in [0.1, 0.15) is 29.4 Å². The molecule has 176 valence electrons. The molecule has 0 saturated carbocycles. The van der Waals surface area contributed by atoms with Crippen molar-refractivity contribution < 1.29 is 18.6 Å². The van der Waals surface area contributed by atoms with Gasteiger partial charge >= 0.3 is 0 Å². The number of hydrogen-bond acceptors (Lipinski definition) is 9. The molecule has 0 fully saturated rings. The van der Waals surface area contributed by atoms with Crippen molar-refractivity contribution in [3.05, 3.63) is 64.6 Å². The molecule has 0 saturated heterocycles. The highest BCUT2D eigenvalue weighted by Crippen LogP contribution is 2.37. The minimum absolute atomic E-state index is 0.393. The summed E-state index contributed by atoms with van der Waals surface area (Å²) < 4.78 is 24.7. The highest BCUT2D eigenvalue weighted by atomic mass is 32.1. The minimum Gasteiger partial charge on any atom is -0.496 e. The predicted octanol–water partition coefficient (Wildman–Crippen LogP) is 6.23. The first-order chi connectivity index (χ1) is 17.1. The van der Waals surface area contributed by atoms with Gasteiger partial charge in [-0.25, -0.2) is 14.5 Å². The van der Waals surface area contributed by atoms with Crippen molar-refractivity contribution in [1.29, 1.82) is 0 Å². The lowest BCUT2D eigenvalue weighted by molar-refractivity contribution is 0.307. The molecule has 10 heteroatoms. The molecule has 35 heavy (non-hydrogen) atoms. The van der Waals surface area contributed by atoms with Gasteiger partial charge in [-0.05, 0) is 36.0 Å². The number of benzene rings is 2. The van der Waals surface area contributed by atoms with Crippen molar-refractivity contribution in [2.75, 3.05) is 14.2 Å². The molecule has 0 aliphatic carbocycles. The first-order valence-electron chi connectivity index (χ1n) is 10.8. The molecular weight excluding hydrogens is 484 g/mol.